The van der Waals surface area contributed by atoms with Crippen molar-refractivity contribution in [2.75, 3.05) is 6.54 Å². The van der Waals surface area contributed by atoms with Crippen LogP contribution < -0.4 is 10.5 Å². The molecule has 2 bridgehead atoms. The van der Waals surface area contributed by atoms with Gasteiger partial charge in [0.25, 0.3) is 0 Å². The van der Waals surface area contributed by atoms with E-state index in [0.29, 0.717) is 31.7 Å². The Labute approximate surface area is 180 Å². The molecular weight excluding hydrogens is 431 g/mol. The van der Waals surface area contributed by atoms with Crippen molar-refractivity contribution in [1.82, 2.24) is 9.62 Å². The number of nitrogens with one attached hydrogen (secondary N) is 1. The standard InChI is InChI=1S/C21H28F3N3O3S/c22-17-11-19(24)18(23)9-12(17)10-20(25)13-7-14-1-2-15(8-13)27(14)21(28)5-6-26-31(29,30)16-3-4-16/h9,11,13-16,20,26H,1-8,10,25H2/t13?,14?,15?,20-/m1/s1. The van der Waals surface area contributed by atoms with Crippen LogP contribution in [0.2, 0.25) is 0 Å². The number of nitrogens with zero attached hydrogens (tertiary/aromatic N) is 1. The van der Waals surface area contributed by atoms with Gasteiger partial charge in [-0.15, -0.1) is 0 Å². The molecule has 10 heteroatoms. The van der Waals surface area contributed by atoms with Crippen molar-refractivity contribution in [3.63, 3.8) is 0 Å². The van der Waals surface area contributed by atoms with Gasteiger partial charge in [0.05, 0.1) is 5.25 Å². The van der Waals surface area contributed by atoms with Crippen molar-refractivity contribution in [3.05, 3.63) is 35.1 Å². The normalized spacial score (nSPS) is 26.8. The van der Waals surface area contributed by atoms with Gasteiger partial charge in [-0.2, -0.15) is 0 Å². The van der Waals surface area contributed by atoms with Crippen molar-refractivity contribution < 1.29 is 26.4 Å². The quantitative estimate of drug-likeness (QED) is 0.583. The molecule has 6 nitrogen and oxygen atoms in total. The Morgan fingerprint density at radius 2 is 1.68 bits per heavy atom. The highest BCUT2D eigenvalue weighted by Crippen LogP contribution is 2.40. The van der Waals surface area contributed by atoms with E-state index in [-0.39, 0.29) is 54.1 Å². The number of hydrogen-bond acceptors (Lipinski definition) is 4. The van der Waals surface area contributed by atoms with Gasteiger partial charge in [-0.3, -0.25) is 4.79 Å². The van der Waals surface area contributed by atoms with E-state index in [1.807, 2.05) is 4.90 Å². The molecule has 31 heavy (non-hydrogen) atoms. The number of sulfonamides is 1. The number of benzene rings is 1. The van der Waals surface area contributed by atoms with E-state index >= 15 is 0 Å². The lowest BCUT2D eigenvalue weighted by Gasteiger charge is -2.41. The Hall–Kier alpha value is -1.65. The first kappa shape index (κ1) is 22.5. The number of amides is 1. The van der Waals surface area contributed by atoms with Gasteiger partial charge in [0, 0.05) is 37.2 Å². The largest absolute Gasteiger partial charge is 0.337 e. The second-order valence-electron chi connectivity index (χ2n) is 9.03. The fourth-order valence-corrected chi connectivity index (χ4v) is 6.42. The predicted octanol–water partition coefficient (Wildman–Crippen LogP) is 2.22. The molecule has 3 aliphatic rings. The van der Waals surface area contributed by atoms with Gasteiger partial charge in [0.1, 0.15) is 5.82 Å². The fourth-order valence-electron chi connectivity index (χ4n) is 5.04. The van der Waals surface area contributed by atoms with Crippen LogP contribution in [0, 0.1) is 23.4 Å². The van der Waals surface area contributed by atoms with Crippen LogP contribution in [0.4, 0.5) is 13.2 Å². The SMILES string of the molecule is N[C@H](Cc1cc(F)c(F)cc1F)C1CC2CCC(C1)N2C(=O)CCNS(=O)(=O)C1CC1. The second-order valence-corrected chi connectivity index (χ2v) is 11.1. The smallest absolute Gasteiger partial charge is 0.224 e. The van der Waals surface area contributed by atoms with Gasteiger partial charge in [-0.25, -0.2) is 26.3 Å². The lowest BCUT2D eigenvalue weighted by Crippen LogP contribution is -2.50. The Morgan fingerprint density at radius 1 is 1.06 bits per heavy atom. The van der Waals surface area contributed by atoms with Crippen molar-refractivity contribution in [2.45, 2.75) is 74.7 Å². The van der Waals surface area contributed by atoms with E-state index in [1.54, 1.807) is 0 Å². The molecule has 1 aromatic carbocycles. The Kier molecular flexibility index (Phi) is 6.33. The molecule has 1 aliphatic carbocycles. The lowest BCUT2D eigenvalue weighted by atomic mass is 9.82. The first-order chi connectivity index (χ1) is 14.7. The molecule has 2 unspecified atom stereocenters. The number of rotatable bonds is 8. The highest BCUT2D eigenvalue weighted by atomic mass is 32.2. The van der Waals surface area contributed by atoms with Crippen LogP contribution in [0.5, 0.6) is 0 Å². The van der Waals surface area contributed by atoms with Crippen molar-refractivity contribution in [1.29, 1.82) is 0 Å². The molecule has 1 saturated carbocycles. The molecule has 3 fully saturated rings. The van der Waals surface area contributed by atoms with Gasteiger partial charge in [0.15, 0.2) is 11.6 Å². The van der Waals surface area contributed by atoms with E-state index in [1.165, 1.54) is 0 Å². The van der Waals surface area contributed by atoms with E-state index in [2.05, 4.69) is 4.72 Å². The van der Waals surface area contributed by atoms with E-state index in [9.17, 15) is 26.4 Å². The maximum atomic E-state index is 14.0. The number of hydrogen-bond donors (Lipinski definition) is 2. The van der Waals surface area contributed by atoms with Crippen LogP contribution >= 0.6 is 0 Å². The predicted molar refractivity (Wildman–Crippen MR) is 109 cm³/mol. The summed E-state index contributed by atoms with van der Waals surface area (Å²) >= 11 is 0. The minimum Gasteiger partial charge on any atom is -0.337 e. The molecule has 3 N–H and O–H groups in total. The molecule has 2 aliphatic heterocycles. The zero-order chi connectivity index (χ0) is 22.3. The topological polar surface area (TPSA) is 92.5 Å². The molecule has 172 valence electrons. The monoisotopic (exact) mass is 459 g/mol. The zero-order valence-electron chi connectivity index (χ0n) is 17.2. The van der Waals surface area contributed by atoms with Crippen LogP contribution in [0.25, 0.3) is 0 Å². The molecular formula is C21H28F3N3O3S. The number of nitrogens with two attached hydrogens (primary N) is 1. The van der Waals surface area contributed by atoms with Gasteiger partial charge >= 0.3 is 0 Å². The Bertz CT molecular complexity index is 941. The van der Waals surface area contributed by atoms with Crippen LogP contribution in [0.1, 0.15) is 50.5 Å². The lowest BCUT2D eigenvalue weighted by molar-refractivity contribution is -0.136. The van der Waals surface area contributed by atoms with E-state index < -0.39 is 33.5 Å². The first-order valence-corrected chi connectivity index (χ1v) is 12.4. The van der Waals surface area contributed by atoms with Gasteiger partial charge in [0.2, 0.25) is 15.9 Å². The van der Waals surface area contributed by atoms with Crippen molar-refractivity contribution in [2.24, 2.45) is 11.7 Å². The maximum Gasteiger partial charge on any atom is 0.224 e. The van der Waals surface area contributed by atoms with E-state index in [4.69, 9.17) is 5.73 Å². The summed E-state index contributed by atoms with van der Waals surface area (Å²) in [6.07, 6.45) is 4.62. The summed E-state index contributed by atoms with van der Waals surface area (Å²) in [5.74, 6) is -3.15. The summed E-state index contributed by atoms with van der Waals surface area (Å²) in [7, 11) is -3.30. The molecule has 1 aromatic rings. The zero-order valence-corrected chi connectivity index (χ0v) is 18.0. The molecule has 1 amide bonds. The molecule has 0 aromatic heterocycles. The number of halogens is 3. The Morgan fingerprint density at radius 3 is 2.29 bits per heavy atom. The molecule has 4 rings (SSSR count). The third kappa shape index (κ3) is 4.90. The van der Waals surface area contributed by atoms with E-state index in [0.717, 1.165) is 18.9 Å². The van der Waals surface area contributed by atoms with Crippen molar-refractivity contribution in [3.8, 4) is 0 Å². The molecule has 0 spiro atoms. The fraction of sp³-hybridized carbons (Fsp3) is 0.667. The Balaban J connectivity index is 1.32. The molecule has 2 saturated heterocycles. The highest BCUT2D eigenvalue weighted by molar-refractivity contribution is 7.90. The summed E-state index contributed by atoms with van der Waals surface area (Å²) in [5, 5.41) is -0.310. The number of carbonyl (C=O) groups is 1. The summed E-state index contributed by atoms with van der Waals surface area (Å²) in [4.78, 5) is 14.6. The van der Waals surface area contributed by atoms with Crippen LogP contribution in [0.15, 0.2) is 12.1 Å². The maximum absolute atomic E-state index is 14.0. The average molecular weight is 460 g/mol. The van der Waals surface area contributed by atoms with Crippen LogP contribution in [-0.4, -0.2) is 49.1 Å². The van der Waals surface area contributed by atoms with Gasteiger partial charge < -0.3 is 10.6 Å². The average Bonchev–Trinajstić information content (AvgIpc) is 3.52. The van der Waals surface area contributed by atoms with Crippen molar-refractivity contribution >= 4 is 15.9 Å². The van der Waals surface area contributed by atoms with Gasteiger partial charge in [-0.05, 0) is 62.5 Å². The summed E-state index contributed by atoms with van der Waals surface area (Å²) in [5.41, 5.74) is 6.37. The second kappa shape index (κ2) is 8.71. The molecule has 2 heterocycles. The minimum absolute atomic E-state index is 0.0251. The summed E-state index contributed by atoms with van der Waals surface area (Å²) < 4.78 is 66.9. The summed E-state index contributed by atoms with van der Waals surface area (Å²) in [6.45, 7) is 0.103. The number of carbonyl (C=O) groups excluding carboxylic acids is 1. The third-order valence-electron chi connectivity index (χ3n) is 6.81. The molecule has 3 atom stereocenters. The summed E-state index contributed by atoms with van der Waals surface area (Å²) in [6, 6.07) is 1.03. The van der Waals surface area contributed by atoms with Crippen LogP contribution in [-0.2, 0) is 21.2 Å². The third-order valence-corrected chi connectivity index (χ3v) is 8.77. The van der Waals surface area contributed by atoms with Gasteiger partial charge in [-0.1, -0.05) is 0 Å². The number of fused-ring (bicyclic) bond motifs is 2. The first-order valence-electron chi connectivity index (χ1n) is 10.8. The van der Waals surface area contributed by atoms with Crippen LogP contribution in [0.3, 0.4) is 0 Å². The highest BCUT2D eigenvalue weighted by Gasteiger charge is 2.44. The number of piperidine rings is 1. The minimum atomic E-state index is -3.30. The molecule has 0 radical (unpaired) electrons.